The standard InChI is InChI=1S/C10H9NO4/c1-7-6-8(10-14-4-5-15-10)2-3-9(7)11(12)13/h2-6,10H,1H3. The maximum Gasteiger partial charge on any atom is 0.272 e. The highest BCUT2D eigenvalue weighted by atomic mass is 16.7. The van der Waals surface area contributed by atoms with Gasteiger partial charge >= 0.3 is 0 Å². The van der Waals surface area contributed by atoms with Gasteiger partial charge in [-0.15, -0.1) is 0 Å². The average Bonchev–Trinajstić information content (AvgIpc) is 2.69. The van der Waals surface area contributed by atoms with Gasteiger partial charge in [-0.25, -0.2) is 0 Å². The van der Waals surface area contributed by atoms with Crippen LogP contribution in [-0.2, 0) is 9.47 Å². The smallest absolute Gasteiger partial charge is 0.272 e. The minimum absolute atomic E-state index is 0.102. The molecule has 0 aliphatic carbocycles. The summed E-state index contributed by atoms with van der Waals surface area (Å²) in [6.07, 6.45) is 2.41. The normalized spacial score (nSPS) is 14.7. The molecule has 0 fully saturated rings. The van der Waals surface area contributed by atoms with Crippen molar-refractivity contribution < 1.29 is 14.4 Å². The molecular weight excluding hydrogens is 198 g/mol. The van der Waals surface area contributed by atoms with Crippen LogP contribution in [-0.4, -0.2) is 4.92 Å². The molecule has 1 aromatic carbocycles. The van der Waals surface area contributed by atoms with Crippen LogP contribution in [0.2, 0.25) is 0 Å². The lowest BCUT2D eigenvalue weighted by Crippen LogP contribution is -1.99. The van der Waals surface area contributed by atoms with Crippen LogP contribution in [0.3, 0.4) is 0 Å². The highest BCUT2D eigenvalue weighted by Gasteiger charge is 2.18. The first-order valence-corrected chi connectivity index (χ1v) is 4.39. The van der Waals surface area contributed by atoms with Crippen molar-refractivity contribution in [1.82, 2.24) is 0 Å². The van der Waals surface area contributed by atoms with E-state index in [4.69, 9.17) is 9.47 Å². The summed E-state index contributed by atoms with van der Waals surface area (Å²) in [5, 5.41) is 10.6. The molecule has 78 valence electrons. The molecule has 0 saturated carbocycles. The van der Waals surface area contributed by atoms with Crippen LogP contribution in [0.1, 0.15) is 17.4 Å². The second-order valence-corrected chi connectivity index (χ2v) is 3.18. The number of aryl methyl sites for hydroxylation is 1. The van der Waals surface area contributed by atoms with Crippen LogP contribution in [0, 0.1) is 17.0 Å². The number of nitrogens with zero attached hydrogens (tertiary/aromatic N) is 1. The van der Waals surface area contributed by atoms with Crippen LogP contribution < -0.4 is 0 Å². The molecule has 1 heterocycles. The average molecular weight is 207 g/mol. The van der Waals surface area contributed by atoms with E-state index in [9.17, 15) is 10.1 Å². The Hall–Kier alpha value is -2.04. The number of hydrogen-bond donors (Lipinski definition) is 0. The molecule has 0 atom stereocenters. The van der Waals surface area contributed by atoms with Gasteiger partial charge in [-0.1, -0.05) is 0 Å². The zero-order chi connectivity index (χ0) is 10.8. The van der Waals surface area contributed by atoms with Crippen LogP contribution in [0.25, 0.3) is 0 Å². The lowest BCUT2D eigenvalue weighted by Gasteiger charge is -2.10. The number of ether oxygens (including phenoxy) is 2. The first kappa shape index (κ1) is 9.51. The Morgan fingerprint density at radius 1 is 1.33 bits per heavy atom. The molecule has 0 N–H and O–H groups in total. The summed E-state index contributed by atoms with van der Waals surface area (Å²) < 4.78 is 10.2. The highest BCUT2D eigenvalue weighted by Crippen LogP contribution is 2.27. The van der Waals surface area contributed by atoms with Gasteiger partial charge in [-0.3, -0.25) is 10.1 Å². The number of hydrogen-bond acceptors (Lipinski definition) is 4. The summed E-state index contributed by atoms with van der Waals surface area (Å²) in [4.78, 5) is 10.2. The molecule has 0 spiro atoms. The minimum atomic E-state index is -0.482. The van der Waals surface area contributed by atoms with E-state index in [1.54, 1.807) is 19.1 Å². The lowest BCUT2D eigenvalue weighted by atomic mass is 10.1. The summed E-state index contributed by atoms with van der Waals surface area (Å²) in [7, 11) is 0. The zero-order valence-corrected chi connectivity index (χ0v) is 8.04. The molecule has 0 saturated heterocycles. The molecule has 0 amide bonds. The van der Waals surface area contributed by atoms with Gasteiger partial charge in [0.25, 0.3) is 12.0 Å². The van der Waals surface area contributed by atoms with E-state index in [1.165, 1.54) is 18.6 Å². The Labute approximate surface area is 86.1 Å². The molecule has 0 aromatic heterocycles. The summed E-state index contributed by atoms with van der Waals surface area (Å²) in [5.74, 6) is 0. The van der Waals surface area contributed by atoms with Crippen molar-refractivity contribution in [2.24, 2.45) is 0 Å². The fourth-order valence-corrected chi connectivity index (χ4v) is 1.43. The largest absolute Gasteiger partial charge is 0.455 e. The molecule has 0 bridgehead atoms. The van der Waals surface area contributed by atoms with Crippen molar-refractivity contribution >= 4 is 5.69 Å². The quantitative estimate of drug-likeness (QED) is 0.551. The van der Waals surface area contributed by atoms with Crippen LogP contribution in [0.4, 0.5) is 5.69 Å². The van der Waals surface area contributed by atoms with Crippen molar-refractivity contribution in [2.75, 3.05) is 0 Å². The number of rotatable bonds is 2. The summed E-state index contributed by atoms with van der Waals surface area (Å²) >= 11 is 0. The first-order chi connectivity index (χ1) is 7.18. The van der Waals surface area contributed by atoms with Crippen LogP contribution in [0.15, 0.2) is 30.7 Å². The van der Waals surface area contributed by atoms with Crippen molar-refractivity contribution in [3.63, 3.8) is 0 Å². The maximum atomic E-state index is 10.6. The predicted molar refractivity (Wildman–Crippen MR) is 51.9 cm³/mol. The third-order valence-corrected chi connectivity index (χ3v) is 2.15. The van der Waals surface area contributed by atoms with Gasteiger partial charge in [0.1, 0.15) is 12.5 Å². The van der Waals surface area contributed by atoms with Gasteiger partial charge in [0.2, 0.25) is 0 Å². The van der Waals surface area contributed by atoms with Crippen molar-refractivity contribution in [2.45, 2.75) is 13.2 Å². The topological polar surface area (TPSA) is 61.6 Å². The van der Waals surface area contributed by atoms with Gasteiger partial charge in [-0.2, -0.15) is 0 Å². The first-order valence-electron chi connectivity index (χ1n) is 4.39. The van der Waals surface area contributed by atoms with Gasteiger partial charge in [0.05, 0.1) is 4.92 Å². The molecule has 0 unspecified atom stereocenters. The fraction of sp³-hybridized carbons (Fsp3) is 0.200. The Bertz CT molecular complexity index is 419. The van der Waals surface area contributed by atoms with Gasteiger partial charge < -0.3 is 9.47 Å². The van der Waals surface area contributed by atoms with E-state index >= 15 is 0 Å². The Morgan fingerprint density at radius 2 is 2.00 bits per heavy atom. The van der Waals surface area contributed by atoms with Crippen LogP contribution >= 0.6 is 0 Å². The number of nitro benzene ring substituents is 1. The molecular formula is C10H9NO4. The van der Waals surface area contributed by atoms with E-state index in [0.717, 1.165) is 5.56 Å². The molecule has 5 nitrogen and oxygen atoms in total. The molecule has 15 heavy (non-hydrogen) atoms. The van der Waals surface area contributed by atoms with Gasteiger partial charge in [-0.05, 0) is 19.1 Å². The fourth-order valence-electron chi connectivity index (χ4n) is 1.43. The third-order valence-electron chi connectivity index (χ3n) is 2.15. The SMILES string of the molecule is Cc1cc(C2OC=CO2)ccc1[N+](=O)[O-]. The number of nitro groups is 1. The number of benzene rings is 1. The Kier molecular flexibility index (Phi) is 2.29. The molecule has 1 aliphatic rings. The van der Waals surface area contributed by atoms with E-state index < -0.39 is 11.2 Å². The van der Waals surface area contributed by atoms with Gasteiger partial charge in [0, 0.05) is 17.2 Å². The summed E-state index contributed by atoms with van der Waals surface area (Å²) in [6, 6.07) is 4.77. The second kappa shape index (κ2) is 3.61. The summed E-state index contributed by atoms with van der Waals surface area (Å²) in [5.41, 5.74) is 1.46. The maximum absolute atomic E-state index is 10.6. The van der Waals surface area contributed by atoms with Crippen molar-refractivity contribution in [3.05, 3.63) is 52.0 Å². The monoisotopic (exact) mass is 207 g/mol. The van der Waals surface area contributed by atoms with E-state index in [0.29, 0.717) is 5.56 Å². The molecule has 2 rings (SSSR count). The molecule has 5 heteroatoms. The highest BCUT2D eigenvalue weighted by molar-refractivity contribution is 5.42. The van der Waals surface area contributed by atoms with E-state index in [1.807, 2.05) is 0 Å². The van der Waals surface area contributed by atoms with Crippen molar-refractivity contribution in [1.29, 1.82) is 0 Å². The molecule has 1 aliphatic heterocycles. The van der Waals surface area contributed by atoms with E-state index in [2.05, 4.69) is 0 Å². The zero-order valence-electron chi connectivity index (χ0n) is 8.04. The lowest BCUT2D eigenvalue weighted by molar-refractivity contribution is -0.385. The molecule has 1 aromatic rings. The summed E-state index contributed by atoms with van der Waals surface area (Å²) in [6.45, 7) is 1.68. The third kappa shape index (κ3) is 1.76. The second-order valence-electron chi connectivity index (χ2n) is 3.18. The molecule has 0 radical (unpaired) electrons. The van der Waals surface area contributed by atoms with Crippen LogP contribution in [0.5, 0.6) is 0 Å². The minimum Gasteiger partial charge on any atom is -0.455 e. The predicted octanol–water partition coefficient (Wildman–Crippen LogP) is 2.42. The van der Waals surface area contributed by atoms with Gasteiger partial charge in [0.15, 0.2) is 0 Å². The van der Waals surface area contributed by atoms with Crippen molar-refractivity contribution in [3.8, 4) is 0 Å². The van der Waals surface area contributed by atoms with E-state index in [-0.39, 0.29) is 5.69 Å². The Morgan fingerprint density at radius 3 is 2.53 bits per heavy atom. The Balaban J connectivity index is 2.29.